The van der Waals surface area contributed by atoms with Crippen molar-refractivity contribution >= 4 is 0 Å². The summed E-state index contributed by atoms with van der Waals surface area (Å²) in [6.45, 7) is 0. The number of benzene rings is 2. The van der Waals surface area contributed by atoms with Crippen molar-refractivity contribution < 1.29 is 18.3 Å². The molecule has 0 atom stereocenters. The van der Waals surface area contributed by atoms with Crippen molar-refractivity contribution in [3.05, 3.63) is 59.9 Å². The maximum absolute atomic E-state index is 13.3. The van der Waals surface area contributed by atoms with Crippen molar-refractivity contribution in [2.75, 3.05) is 7.11 Å². The van der Waals surface area contributed by atoms with E-state index in [-0.39, 0.29) is 11.1 Å². The largest absolute Gasteiger partial charge is 0.400 e. The molecule has 0 spiro atoms. The van der Waals surface area contributed by atoms with E-state index >= 15 is 0 Å². The fourth-order valence-corrected chi connectivity index (χ4v) is 1.40. The van der Waals surface area contributed by atoms with E-state index in [2.05, 4.69) is 0 Å². The SMILES string of the molecule is CO.Fc1cc(F)cc(-c2ccccc2F)c1. The molecule has 0 heterocycles. The summed E-state index contributed by atoms with van der Waals surface area (Å²) in [6, 6.07) is 8.81. The number of halogens is 3. The molecule has 1 nitrogen and oxygen atoms in total. The lowest BCUT2D eigenvalue weighted by molar-refractivity contribution is 0.399. The van der Waals surface area contributed by atoms with Gasteiger partial charge in [-0.15, -0.1) is 0 Å². The Kier molecular flexibility index (Phi) is 4.72. The first-order valence-electron chi connectivity index (χ1n) is 4.82. The Morgan fingerprint density at radius 3 is 1.88 bits per heavy atom. The van der Waals surface area contributed by atoms with Gasteiger partial charge in [-0.25, -0.2) is 13.2 Å². The molecular weight excluding hydrogens is 229 g/mol. The van der Waals surface area contributed by atoms with E-state index in [0.29, 0.717) is 0 Å². The molecule has 0 bridgehead atoms. The Morgan fingerprint density at radius 1 is 0.824 bits per heavy atom. The van der Waals surface area contributed by atoms with Gasteiger partial charge >= 0.3 is 0 Å². The summed E-state index contributed by atoms with van der Waals surface area (Å²) in [5, 5.41) is 7.00. The normalized spacial score (nSPS) is 9.47. The van der Waals surface area contributed by atoms with E-state index in [4.69, 9.17) is 5.11 Å². The van der Waals surface area contributed by atoms with Gasteiger partial charge in [-0.3, -0.25) is 0 Å². The van der Waals surface area contributed by atoms with E-state index in [1.807, 2.05) is 0 Å². The molecule has 0 aliphatic carbocycles. The van der Waals surface area contributed by atoms with Gasteiger partial charge < -0.3 is 5.11 Å². The van der Waals surface area contributed by atoms with E-state index in [0.717, 1.165) is 25.3 Å². The molecule has 2 aromatic carbocycles. The van der Waals surface area contributed by atoms with Crippen LogP contribution >= 0.6 is 0 Å². The highest BCUT2D eigenvalue weighted by atomic mass is 19.1. The van der Waals surface area contributed by atoms with Gasteiger partial charge in [-0.1, -0.05) is 18.2 Å². The Hall–Kier alpha value is -1.81. The molecule has 17 heavy (non-hydrogen) atoms. The Bertz CT molecular complexity index is 478. The van der Waals surface area contributed by atoms with Crippen LogP contribution in [0.4, 0.5) is 13.2 Å². The van der Waals surface area contributed by atoms with Crippen LogP contribution in [0.5, 0.6) is 0 Å². The minimum Gasteiger partial charge on any atom is -0.400 e. The third-order valence-corrected chi connectivity index (χ3v) is 2.05. The van der Waals surface area contributed by atoms with Crippen molar-refractivity contribution in [3.63, 3.8) is 0 Å². The van der Waals surface area contributed by atoms with Crippen LogP contribution in [0, 0.1) is 17.5 Å². The van der Waals surface area contributed by atoms with Crippen molar-refractivity contribution in [1.82, 2.24) is 0 Å². The first-order valence-corrected chi connectivity index (χ1v) is 4.82. The summed E-state index contributed by atoms with van der Waals surface area (Å²) >= 11 is 0. The Labute approximate surface area is 97.2 Å². The summed E-state index contributed by atoms with van der Waals surface area (Å²) < 4.78 is 39.1. The molecule has 4 heteroatoms. The number of rotatable bonds is 1. The fourth-order valence-electron chi connectivity index (χ4n) is 1.40. The van der Waals surface area contributed by atoms with Gasteiger partial charge in [0, 0.05) is 18.7 Å². The average molecular weight is 240 g/mol. The van der Waals surface area contributed by atoms with Crippen molar-refractivity contribution in [3.8, 4) is 11.1 Å². The highest BCUT2D eigenvalue weighted by Crippen LogP contribution is 2.23. The molecule has 0 saturated heterocycles. The van der Waals surface area contributed by atoms with Crippen LogP contribution in [-0.4, -0.2) is 12.2 Å². The fraction of sp³-hybridized carbons (Fsp3) is 0.0769. The third-order valence-electron chi connectivity index (χ3n) is 2.05. The van der Waals surface area contributed by atoms with E-state index < -0.39 is 17.5 Å². The molecule has 0 unspecified atom stereocenters. The lowest BCUT2D eigenvalue weighted by Crippen LogP contribution is -1.87. The zero-order chi connectivity index (χ0) is 12.8. The third kappa shape index (κ3) is 3.32. The lowest BCUT2D eigenvalue weighted by atomic mass is 10.1. The zero-order valence-electron chi connectivity index (χ0n) is 9.12. The van der Waals surface area contributed by atoms with Crippen LogP contribution in [0.3, 0.4) is 0 Å². The first-order chi connectivity index (χ1) is 8.16. The van der Waals surface area contributed by atoms with Gasteiger partial charge in [-0.2, -0.15) is 0 Å². The van der Waals surface area contributed by atoms with Crippen molar-refractivity contribution in [2.24, 2.45) is 0 Å². The highest BCUT2D eigenvalue weighted by molar-refractivity contribution is 5.64. The van der Waals surface area contributed by atoms with Crippen LogP contribution in [0.15, 0.2) is 42.5 Å². The van der Waals surface area contributed by atoms with Gasteiger partial charge in [0.1, 0.15) is 17.5 Å². The predicted molar refractivity (Wildman–Crippen MR) is 59.9 cm³/mol. The van der Waals surface area contributed by atoms with Crippen molar-refractivity contribution in [1.29, 1.82) is 0 Å². The molecule has 0 amide bonds. The molecule has 0 aliphatic rings. The predicted octanol–water partition coefficient (Wildman–Crippen LogP) is 3.38. The quantitative estimate of drug-likeness (QED) is 0.810. The summed E-state index contributed by atoms with van der Waals surface area (Å²) in [5.74, 6) is -1.93. The van der Waals surface area contributed by atoms with E-state index in [1.54, 1.807) is 6.07 Å². The molecule has 90 valence electrons. The lowest BCUT2D eigenvalue weighted by Gasteiger charge is -2.03. The molecule has 0 fully saturated rings. The van der Waals surface area contributed by atoms with E-state index in [1.165, 1.54) is 18.2 Å². The van der Waals surface area contributed by atoms with Gasteiger partial charge in [0.2, 0.25) is 0 Å². The van der Waals surface area contributed by atoms with Gasteiger partial charge in [-0.05, 0) is 23.8 Å². The summed E-state index contributed by atoms with van der Waals surface area (Å²) in [5.41, 5.74) is 0.390. The smallest absolute Gasteiger partial charge is 0.131 e. The molecule has 2 rings (SSSR count). The topological polar surface area (TPSA) is 20.2 Å². The molecule has 0 radical (unpaired) electrons. The molecular formula is C13H11F3O. The van der Waals surface area contributed by atoms with E-state index in [9.17, 15) is 13.2 Å². The summed E-state index contributed by atoms with van der Waals surface area (Å²) in [4.78, 5) is 0. The second-order valence-electron chi connectivity index (χ2n) is 3.14. The minimum absolute atomic E-state index is 0.191. The average Bonchev–Trinajstić information content (AvgIpc) is 2.31. The number of hydrogen-bond donors (Lipinski definition) is 1. The van der Waals surface area contributed by atoms with Crippen LogP contribution in [0.1, 0.15) is 0 Å². The van der Waals surface area contributed by atoms with Crippen LogP contribution in [0.25, 0.3) is 11.1 Å². The zero-order valence-corrected chi connectivity index (χ0v) is 9.12. The number of hydrogen-bond acceptors (Lipinski definition) is 1. The molecule has 0 aliphatic heterocycles. The Balaban J connectivity index is 0.000000686. The maximum atomic E-state index is 13.3. The molecule has 0 aromatic heterocycles. The number of aliphatic hydroxyl groups excluding tert-OH is 1. The second kappa shape index (κ2) is 6.06. The van der Waals surface area contributed by atoms with Crippen LogP contribution in [-0.2, 0) is 0 Å². The first kappa shape index (κ1) is 13.3. The van der Waals surface area contributed by atoms with Gasteiger partial charge in [0.05, 0.1) is 0 Å². The van der Waals surface area contributed by atoms with Crippen LogP contribution < -0.4 is 0 Å². The number of aliphatic hydroxyl groups is 1. The van der Waals surface area contributed by atoms with Crippen molar-refractivity contribution in [2.45, 2.75) is 0 Å². The molecule has 1 N–H and O–H groups in total. The second-order valence-corrected chi connectivity index (χ2v) is 3.14. The Morgan fingerprint density at radius 2 is 1.35 bits per heavy atom. The minimum atomic E-state index is -0.715. The summed E-state index contributed by atoms with van der Waals surface area (Å²) in [7, 11) is 1.00. The van der Waals surface area contributed by atoms with Gasteiger partial charge in [0.25, 0.3) is 0 Å². The molecule has 2 aromatic rings. The standard InChI is InChI=1S/C12H7F3.CH4O/c13-9-5-8(6-10(14)7-9)11-3-1-2-4-12(11)15;1-2/h1-7H;2H,1H3. The van der Waals surface area contributed by atoms with Crippen LogP contribution in [0.2, 0.25) is 0 Å². The van der Waals surface area contributed by atoms with Gasteiger partial charge in [0.15, 0.2) is 0 Å². The summed E-state index contributed by atoms with van der Waals surface area (Å²) in [6.07, 6.45) is 0. The monoisotopic (exact) mass is 240 g/mol. The highest BCUT2D eigenvalue weighted by Gasteiger charge is 2.06. The molecule has 0 saturated carbocycles. The maximum Gasteiger partial charge on any atom is 0.131 e.